The highest BCUT2D eigenvalue weighted by atomic mass is 16.6. The quantitative estimate of drug-likeness (QED) is 0.0407. The molecule has 0 heterocycles. The monoisotopic (exact) mass is 673 g/mol. The van der Waals surface area contributed by atoms with Crippen LogP contribution < -0.4 is 0 Å². The molecule has 0 aliphatic heterocycles. The summed E-state index contributed by atoms with van der Waals surface area (Å²) in [6, 6.07) is 0. The number of esters is 2. The van der Waals surface area contributed by atoms with Crippen molar-refractivity contribution in [3.63, 3.8) is 0 Å². The van der Waals surface area contributed by atoms with E-state index in [4.69, 9.17) is 9.47 Å². The van der Waals surface area contributed by atoms with Crippen LogP contribution in [0.2, 0.25) is 0 Å². The van der Waals surface area contributed by atoms with E-state index in [0.29, 0.717) is 12.8 Å². The van der Waals surface area contributed by atoms with Crippen LogP contribution in [0.1, 0.15) is 194 Å². The number of hydrogen-bond donors (Lipinski definition) is 1. The van der Waals surface area contributed by atoms with Crippen LogP contribution in [0.25, 0.3) is 0 Å². The van der Waals surface area contributed by atoms with Crippen molar-refractivity contribution in [1.82, 2.24) is 0 Å². The Balaban J connectivity index is 3.62. The summed E-state index contributed by atoms with van der Waals surface area (Å²) in [6.07, 6.45) is 48.8. The predicted octanol–water partition coefficient (Wildman–Crippen LogP) is 12.6. The standard InChI is InChI=1S/C43H76O5/c1-3-5-7-9-11-13-15-17-19-20-21-22-24-25-27-29-31-33-35-37-42(45)47-40-41(39-44)48-43(46)38-36-34-32-30-28-26-23-18-16-14-12-10-8-6-4-2/h11,13,17,19,21-22,25,27,41,44H,3-10,12,14-16,18,20,23-24,26,28-40H2,1-2H3. The number of aliphatic hydroxyl groups is 1. The molecule has 0 saturated heterocycles. The lowest BCUT2D eigenvalue weighted by atomic mass is 10.0. The number of rotatable bonds is 36. The van der Waals surface area contributed by atoms with E-state index in [2.05, 4.69) is 62.5 Å². The van der Waals surface area contributed by atoms with Gasteiger partial charge in [-0.1, -0.05) is 172 Å². The minimum absolute atomic E-state index is 0.0812. The van der Waals surface area contributed by atoms with Gasteiger partial charge in [0.2, 0.25) is 0 Å². The first kappa shape index (κ1) is 45.9. The Morgan fingerprint density at radius 3 is 1.29 bits per heavy atom. The van der Waals surface area contributed by atoms with Gasteiger partial charge in [0.1, 0.15) is 6.61 Å². The molecule has 0 amide bonds. The van der Waals surface area contributed by atoms with Crippen molar-refractivity contribution in [2.45, 2.75) is 200 Å². The second-order valence-corrected chi connectivity index (χ2v) is 13.4. The summed E-state index contributed by atoms with van der Waals surface area (Å²) in [5, 5.41) is 9.55. The van der Waals surface area contributed by atoms with E-state index in [1.807, 2.05) is 0 Å². The van der Waals surface area contributed by atoms with Crippen LogP contribution in [0, 0.1) is 0 Å². The van der Waals surface area contributed by atoms with E-state index >= 15 is 0 Å². The van der Waals surface area contributed by atoms with Crippen LogP contribution >= 0.6 is 0 Å². The van der Waals surface area contributed by atoms with E-state index in [1.165, 1.54) is 103 Å². The Morgan fingerprint density at radius 2 is 0.833 bits per heavy atom. The molecule has 0 spiro atoms. The predicted molar refractivity (Wildman–Crippen MR) is 205 cm³/mol. The van der Waals surface area contributed by atoms with Crippen LogP contribution in [-0.4, -0.2) is 36.4 Å². The van der Waals surface area contributed by atoms with Gasteiger partial charge in [-0.3, -0.25) is 9.59 Å². The van der Waals surface area contributed by atoms with E-state index < -0.39 is 6.10 Å². The summed E-state index contributed by atoms with van der Waals surface area (Å²) in [4.78, 5) is 24.3. The van der Waals surface area contributed by atoms with E-state index in [-0.39, 0.29) is 25.2 Å². The Kier molecular flexibility index (Phi) is 37.5. The maximum atomic E-state index is 12.2. The van der Waals surface area contributed by atoms with Gasteiger partial charge in [-0.2, -0.15) is 0 Å². The Bertz CT molecular complexity index is 812. The first-order chi connectivity index (χ1) is 23.6. The molecule has 48 heavy (non-hydrogen) atoms. The van der Waals surface area contributed by atoms with Gasteiger partial charge in [0.05, 0.1) is 6.61 Å². The largest absolute Gasteiger partial charge is 0.462 e. The van der Waals surface area contributed by atoms with Crippen molar-refractivity contribution < 1.29 is 24.2 Å². The average molecular weight is 673 g/mol. The summed E-state index contributed by atoms with van der Waals surface area (Å²) in [7, 11) is 0. The molecule has 0 aromatic rings. The van der Waals surface area contributed by atoms with Crippen molar-refractivity contribution in [2.75, 3.05) is 13.2 Å². The summed E-state index contributed by atoms with van der Waals surface area (Å²) >= 11 is 0. The number of carbonyl (C=O) groups excluding carboxylic acids is 2. The molecule has 0 radical (unpaired) electrons. The lowest BCUT2D eigenvalue weighted by Gasteiger charge is -2.15. The van der Waals surface area contributed by atoms with E-state index in [1.54, 1.807) is 0 Å². The van der Waals surface area contributed by atoms with Crippen molar-refractivity contribution in [2.24, 2.45) is 0 Å². The number of aliphatic hydroxyl groups excluding tert-OH is 1. The fourth-order valence-electron chi connectivity index (χ4n) is 5.54. The fourth-order valence-corrected chi connectivity index (χ4v) is 5.54. The molecule has 0 aliphatic rings. The highest BCUT2D eigenvalue weighted by Gasteiger charge is 2.16. The zero-order valence-corrected chi connectivity index (χ0v) is 31.5. The molecule has 0 saturated carbocycles. The van der Waals surface area contributed by atoms with Crippen molar-refractivity contribution >= 4 is 11.9 Å². The molecular weight excluding hydrogens is 596 g/mol. The molecule has 1 atom stereocenters. The van der Waals surface area contributed by atoms with Crippen LogP contribution in [0.3, 0.4) is 0 Å². The highest BCUT2D eigenvalue weighted by molar-refractivity contribution is 5.70. The van der Waals surface area contributed by atoms with E-state index in [0.717, 1.165) is 64.2 Å². The van der Waals surface area contributed by atoms with E-state index in [9.17, 15) is 14.7 Å². The molecule has 0 fully saturated rings. The number of hydrogen-bond acceptors (Lipinski definition) is 5. The third-order valence-corrected chi connectivity index (χ3v) is 8.63. The molecule has 5 heteroatoms. The molecule has 278 valence electrons. The number of carbonyl (C=O) groups is 2. The summed E-state index contributed by atoms with van der Waals surface area (Å²) < 4.78 is 10.6. The van der Waals surface area contributed by atoms with Crippen LogP contribution in [0.15, 0.2) is 48.6 Å². The Labute approximate surface area is 297 Å². The van der Waals surface area contributed by atoms with Gasteiger partial charge in [0.25, 0.3) is 0 Å². The Morgan fingerprint density at radius 1 is 0.479 bits per heavy atom. The normalized spacial score (nSPS) is 12.6. The van der Waals surface area contributed by atoms with Gasteiger partial charge in [-0.25, -0.2) is 0 Å². The van der Waals surface area contributed by atoms with Gasteiger partial charge < -0.3 is 14.6 Å². The van der Waals surface area contributed by atoms with Crippen LogP contribution in [0.4, 0.5) is 0 Å². The molecule has 1 unspecified atom stereocenters. The molecule has 0 aromatic carbocycles. The number of ether oxygens (including phenoxy) is 2. The fraction of sp³-hybridized carbons (Fsp3) is 0.767. The van der Waals surface area contributed by atoms with Gasteiger partial charge in [0.15, 0.2) is 6.10 Å². The Hall–Kier alpha value is -2.14. The molecule has 0 aromatic heterocycles. The van der Waals surface area contributed by atoms with Gasteiger partial charge in [-0.05, 0) is 57.8 Å². The minimum Gasteiger partial charge on any atom is -0.462 e. The maximum Gasteiger partial charge on any atom is 0.306 e. The van der Waals surface area contributed by atoms with Gasteiger partial charge >= 0.3 is 11.9 Å². The van der Waals surface area contributed by atoms with Crippen molar-refractivity contribution in [1.29, 1.82) is 0 Å². The molecule has 5 nitrogen and oxygen atoms in total. The van der Waals surface area contributed by atoms with Crippen LogP contribution in [-0.2, 0) is 19.1 Å². The van der Waals surface area contributed by atoms with Crippen LogP contribution in [0.5, 0.6) is 0 Å². The SMILES string of the molecule is CCCCCC=CCC=CCC=CCC=CCCCCCC(=O)OCC(CO)OC(=O)CCCCCCCCCCCCCCCCC. The first-order valence-electron chi connectivity index (χ1n) is 20.2. The highest BCUT2D eigenvalue weighted by Crippen LogP contribution is 2.14. The topological polar surface area (TPSA) is 72.8 Å². The summed E-state index contributed by atoms with van der Waals surface area (Å²) in [5.41, 5.74) is 0. The third kappa shape index (κ3) is 36.7. The second-order valence-electron chi connectivity index (χ2n) is 13.4. The first-order valence-corrected chi connectivity index (χ1v) is 20.2. The average Bonchev–Trinajstić information content (AvgIpc) is 3.09. The molecule has 0 rings (SSSR count). The van der Waals surface area contributed by atoms with Gasteiger partial charge in [-0.15, -0.1) is 0 Å². The third-order valence-electron chi connectivity index (χ3n) is 8.63. The molecule has 1 N–H and O–H groups in total. The number of allylic oxidation sites excluding steroid dienone is 8. The number of unbranched alkanes of at least 4 members (excludes halogenated alkanes) is 20. The zero-order chi connectivity index (χ0) is 35.0. The smallest absolute Gasteiger partial charge is 0.306 e. The zero-order valence-electron chi connectivity index (χ0n) is 31.5. The van der Waals surface area contributed by atoms with Crippen molar-refractivity contribution in [3.05, 3.63) is 48.6 Å². The summed E-state index contributed by atoms with van der Waals surface area (Å²) in [6.45, 7) is 4.08. The lowest BCUT2D eigenvalue weighted by Crippen LogP contribution is -2.28. The molecule has 0 aliphatic carbocycles. The maximum absolute atomic E-state index is 12.2. The lowest BCUT2D eigenvalue weighted by molar-refractivity contribution is -0.161. The molecular formula is C43H76O5. The van der Waals surface area contributed by atoms with Gasteiger partial charge in [0, 0.05) is 12.8 Å². The minimum atomic E-state index is -0.782. The molecule has 0 bridgehead atoms. The summed E-state index contributed by atoms with van der Waals surface area (Å²) in [5.74, 6) is -0.624. The van der Waals surface area contributed by atoms with Crippen molar-refractivity contribution in [3.8, 4) is 0 Å². The second kappa shape index (κ2) is 39.3.